The van der Waals surface area contributed by atoms with Crippen molar-refractivity contribution in [1.29, 1.82) is 0 Å². The molecule has 1 saturated carbocycles. The van der Waals surface area contributed by atoms with Gasteiger partial charge in [-0.05, 0) is 55.9 Å². The molecule has 0 aromatic heterocycles. The number of aliphatic hydroxyl groups excluding tert-OH is 1. The van der Waals surface area contributed by atoms with Crippen LogP contribution in [-0.2, 0) is 10.2 Å². The zero-order valence-corrected chi connectivity index (χ0v) is 12.3. The average Bonchev–Trinajstić information content (AvgIpc) is 2.26. The maximum Gasteiger partial charge on any atom is 0.0592 e. The van der Waals surface area contributed by atoms with Crippen molar-refractivity contribution in [2.45, 2.75) is 45.4 Å². The van der Waals surface area contributed by atoms with Gasteiger partial charge in [-0.2, -0.15) is 0 Å². The molecule has 19 heavy (non-hydrogen) atoms. The number of hydrogen-bond donors (Lipinski definition) is 1. The van der Waals surface area contributed by atoms with Crippen LogP contribution in [0.2, 0.25) is 0 Å². The molecule has 1 aromatic rings. The summed E-state index contributed by atoms with van der Waals surface area (Å²) in [6.45, 7) is 8.39. The van der Waals surface area contributed by atoms with Crippen LogP contribution in [0.25, 0.3) is 0 Å². The molecule has 2 nitrogen and oxygen atoms in total. The minimum atomic E-state index is 0.0581. The van der Waals surface area contributed by atoms with Crippen LogP contribution in [0.4, 0.5) is 0 Å². The first-order valence-electron chi connectivity index (χ1n) is 7.32. The summed E-state index contributed by atoms with van der Waals surface area (Å²) in [5.74, 6) is 0. The van der Waals surface area contributed by atoms with Crippen molar-refractivity contribution in [3.05, 3.63) is 34.4 Å². The Morgan fingerprint density at radius 3 is 2.11 bits per heavy atom. The normalized spacial score (nSPS) is 23.6. The summed E-state index contributed by atoms with van der Waals surface area (Å²) in [4.78, 5) is 0. The molecule has 104 valence electrons. The SMILES string of the molecule is Cc1cc(C)c(C2(C3(CO)CCC3)COC2)cc1C. The number of hydrogen-bond acceptors (Lipinski definition) is 2. The van der Waals surface area contributed by atoms with Gasteiger partial charge in [0.15, 0.2) is 0 Å². The molecular formula is C17H24O2. The summed E-state index contributed by atoms with van der Waals surface area (Å²) in [7, 11) is 0. The first kappa shape index (κ1) is 13.1. The first-order chi connectivity index (χ1) is 9.05. The summed E-state index contributed by atoms with van der Waals surface area (Å²) in [6, 6.07) is 4.62. The van der Waals surface area contributed by atoms with E-state index in [1.807, 2.05) is 0 Å². The molecule has 0 bridgehead atoms. The lowest BCUT2D eigenvalue weighted by atomic mass is 9.49. The summed E-state index contributed by atoms with van der Waals surface area (Å²) in [5, 5.41) is 9.96. The first-order valence-corrected chi connectivity index (χ1v) is 7.32. The van der Waals surface area contributed by atoms with Crippen molar-refractivity contribution < 1.29 is 9.84 Å². The van der Waals surface area contributed by atoms with Crippen LogP contribution < -0.4 is 0 Å². The summed E-state index contributed by atoms with van der Waals surface area (Å²) >= 11 is 0. The van der Waals surface area contributed by atoms with Crippen LogP contribution in [-0.4, -0.2) is 24.9 Å². The van der Waals surface area contributed by atoms with E-state index in [1.165, 1.54) is 28.7 Å². The van der Waals surface area contributed by atoms with E-state index in [1.54, 1.807) is 0 Å². The third-order valence-electron chi connectivity index (χ3n) is 5.68. The van der Waals surface area contributed by atoms with Crippen molar-refractivity contribution >= 4 is 0 Å². The molecule has 1 saturated heterocycles. The molecule has 1 aliphatic heterocycles. The highest BCUT2D eigenvalue weighted by Crippen LogP contribution is 2.58. The van der Waals surface area contributed by atoms with Gasteiger partial charge in [-0.25, -0.2) is 0 Å². The molecule has 1 heterocycles. The zero-order valence-electron chi connectivity index (χ0n) is 12.3. The van der Waals surface area contributed by atoms with Crippen molar-refractivity contribution in [3.63, 3.8) is 0 Å². The number of rotatable bonds is 3. The molecule has 0 radical (unpaired) electrons. The number of aliphatic hydroxyl groups is 1. The number of benzene rings is 1. The molecule has 1 aliphatic carbocycles. The van der Waals surface area contributed by atoms with Crippen LogP contribution in [0.1, 0.15) is 41.5 Å². The fourth-order valence-corrected chi connectivity index (χ4v) is 3.92. The molecule has 3 rings (SSSR count). The van der Waals surface area contributed by atoms with Crippen LogP contribution >= 0.6 is 0 Å². The minimum Gasteiger partial charge on any atom is -0.396 e. The van der Waals surface area contributed by atoms with Gasteiger partial charge >= 0.3 is 0 Å². The minimum absolute atomic E-state index is 0.0581. The molecule has 2 fully saturated rings. The molecular weight excluding hydrogens is 236 g/mol. The summed E-state index contributed by atoms with van der Waals surface area (Å²) in [6.07, 6.45) is 3.52. The Morgan fingerprint density at radius 2 is 1.68 bits per heavy atom. The number of aryl methyl sites for hydroxylation is 3. The van der Waals surface area contributed by atoms with E-state index in [2.05, 4.69) is 32.9 Å². The highest BCUT2D eigenvalue weighted by molar-refractivity contribution is 5.44. The Kier molecular flexibility index (Phi) is 2.99. The Morgan fingerprint density at radius 1 is 1.05 bits per heavy atom. The molecule has 0 amide bonds. The Labute approximate surface area is 115 Å². The monoisotopic (exact) mass is 260 g/mol. The van der Waals surface area contributed by atoms with Crippen molar-refractivity contribution in [2.24, 2.45) is 5.41 Å². The van der Waals surface area contributed by atoms with Gasteiger partial charge in [-0.3, -0.25) is 0 Å². The van der Waals surface area contributed by atoms with Crippen LogP contribution in [0.5, 0.6) is 0 Å². The second-order valence-corrected chi connectivity index (χ2v) is 6.62. The second-order valence-electron chi connectivity index (χ2n) is 6.62. The Bertz CT molecular complexity index is 491. The van der Waals surface area contributed by atoms with E-state index >= 15 is 0 Å². The van der Waals surface area contributed by atoms with Gasteiger partial charge in [0.05, 0.1) is 18.6 Å². The molecule has 0 atom stereocenters. The van der Waals surface area contributed by atoms with Gasteiger partial charge in [0.2, 0.25) is 0 Å². The third kappa shape index (κ3) is 1.63. The fourth-order valence-electron chi connectivity index (χ4n) is 3.92. The quantitative estimate of drug-likeness (QED) is 0.905. The maximum absolute atomic E-state index is 9.96. The van der Waals surface area contributed by atoms with Gasteiger partial charge in [0.25, 0.3) is 0 Å². The van der Waals surface area contributed by atoms with Gasteiger partial charge in [0.1, 0.15) is 0 Å². The van der Waals surface area contributed by atoms with Crippen molar-refractivity contribution in [3.8, 4) is 0 Å². The molecule has 0 unspecified atom stereocenters. The van der Waals surface area contributed by atoms with E-state index in [0.29, 0.717) is 6.61 Å². The predicted molar refractivity (Wildman–Crippen MR) is 76.5 cm³/mol. The molecule has 1 N–H and O–H groups in total. The molecule has 0 spiro atoms. The second kappa shape index (κ2) is 4.32. The predicted octanol–water partition coefficient (Wildman–Crippen LogP) is 3.04. The van der Waals surface area contributed by atoms with E-state index < -0.39 is 0 Å². The Hall–Kier alpha value is -0.860. The lowest BCUT2D eigenvalue weighted by Gasteiger charge is -2.60. The lowest BCUT2D eigenvalue weighted by molar-refractivity contribution is -0.173. The summed E-state index contributed by atoms with van der Waals surface area (Å²) < 4.78 is 5.59. The standard InChI is InChI=1S/C17H24O2/c1-12-7-14(3)15(8-13(12)2)17(10-19-11-17)16(9-18)5-4-6-16/h7-8,18H,4-6,9-11H2,1-3H3. The molecule has 2 heteroatoms. The zero-order chi connectivity index (χ0) is 13.7. The van der Waals surface area contributed by atoms with Crippen LogP contribution in [0, 0.1) is 26.2 Å². The van der Waals surface area contributed by atoms with E-state index in [4.69, 9.17) is 4.74 Å². The largest absolute Gasteiger partial charge is 0.396 e. The number of ether oxygens (including phenoxy) is 1. The molecule has 2 aliphatic rings. The average molecular weight is 260 g/mol. The third-order valence-corrected chi connectivity index (χ3v) is 5.68. The van der Waals surface area contributed by atoms with E-state index in [-0.39, 0.29) is 10.8 Å². The van der Waals surface area contributed by atoms with Gasteiger partial charge in [0, 0.05) is 12.0 Å². The van der Waals surface area contributed by atoms with Crippen molar-refractivity contribution in [1.82, 2.24) is 0 Å². The van der Waals surface area contributed by atoms with E-state index in [0.717, 1.165) is 26.1 Å². The van der Waals surface area contributed by atoms with Gasteiger partial charge in [-0.15, -0.1) is 0 Å². The van der Waals surface area contributed by atoms with Crippen LogP contribution in [0.15, 0.2) is 12.1 Å². The highest BCUT2D eigenvalue weighted by Gasteiger charge is 2.59. The lowest BCUT2D eigenvalue weighted by Crippen LogP contribution is -2.63. The Balaban J connectivity index is 2.10. The van der Waals surface area contributed by atoms with Crippen molar-refractivity contribution in [2.75, 3.05) is 19.8 Å². The summed E-state index contributed by atoms with van der Waals surface area (Å²) in [5.41, 5.74) is 5.59. The van der Waals surface area contributed by atoms with Gasteiger partial charge < -0.3 is 9.84 Å². The highest BCUT2D eigenvalue weighted by atomic mass is 16.5. The molecule has 1 aromatic carbocycles. The van der Waals surface area contributed by atoms with Crippen LogP contribution in [0.3, 0.4) is 0 Å². The maximum atomic E-state index is 9.96. The van der Waals surface area contributed by atoms with E-state index in [9.17, 15) is 5.11 Å². The fraction of sp³-hybridized carbons (Fsp3) is 0.647. The smallest absolute Gasteiger partial charge is 0.0592 e. The topological polar surface area (TPSA) is 29.5 Å². The van der Waals surface area contributed by atoms with Gasteiger partial charge in [-0.1, -0.05) is 18.6 Å².